The lowest BCUT2D eigenvalue weighted by Gasteiger charge is -2.05. The van der Waals surface area contributed by atoms with Crippen LogP contribution in [0.2, 0.25) is 0 Å². The van der Waals surface area contributed by atoms with Gasteiger partial charge in [-0.3, -0.25) is 4.55 Å². The molecule has 4 nitrogen and oxygen atoms in total. The lowest BCUT2D eigenvalue weighted by atomic mass is 10.8. The van der Waals surface area contributed by atoms with Crippen molar-refractivity contribution in [1.82, 2.24) is 0 Å². The van der Waals surface area contributed by atoms with Gasteiger partial charge in [0, 0.05) is 0 Å². The van der Waals surface area contributed by atoms with Gasteiger partial charge in [0.05, 0.1) is 0 Å². The van der Waals surface area contributed by atoms with E-state index in [-0.39, 0.29) is 0 Å². The summed E-state index contributed by atoms with van der Waals surface area (Å²) in [5.74, 6) is 0. The molecule has 0 heterocycles. The van der Waals surface area contributed by atoms with Crippen LogP contribution >= 0.6 is 0 Å². The maximum Gasteiger partial charge on any atom is 0.395 e. The molecule has 0 spiro atoms. The van der Waals surface area contributed by atoms with Crippen LogP contribution in [0.5, 0.6) is 0 Å². The van der Waals surface area contributed by atoms with Gasteiger partial charge >= 0.3 is 15.4 Å². The summed E-state index contributed by atoms with van der Waals surface area (Å²) >= 11 is 0. The number of alkyl halides is 2. The van der Waals surface area contributed by atoms with Crippen molar-refractivity contribution in [3.63, 3.8) is 0 Å². The zero-order valence-electron chi connectivity index (χ0n) is 4.04. The number of rotatable bonds is 2. The fraction of sp³-hybridized carbons (Fsp3) is 1.00. The highest BCUT2D eigenvalue weighted by Crippen LogP contribution is 2.18. The minimum Gasteiger partial charge on any atom is -0.281 e. The van der Waals surface area contributed by atoms with Crippen molar-refractivity contribution in [2.75, 3.05) is 6.61 Å². The number of halogens is 2. The molecule has 0 atom stereocenters. The van der Waals surface area contributed by atoms with Crippen molar-refractivity contribution in [3.05, 3.63) is 0 Å². The summed E-state index contributed by atoms with van der Waals surface area (Å²) in [6.07, 6.45) is 0. The second-order valence-corrected chi connectivity index (χ2v) is 2.80. The Morgan fingerprint density at radius 1 is 1.44 bits per heavy atom. The van der Waals surface area contributed by atoms with Crippen molar-refractivity contribution in [3.8, 4) is 0 Å². The Bertz CT molecular complexity index is 183. The molecule has 0 unspecified atom stereocenters. The summed E-state index contributed by atoms with van der Waals surface area (Å²) < 4.78 is 49.6. The molecule has 0 aliphatic carbocycles. The van der Waals surface area contributed by atoms with E-state index in [0.29, 0.717) is 0 Å². The number of hydrogen-bond acceptors (Lipinski definition) is 2. The van der Waals surface area contributed by atoms with Gasteiger partial charge in [-0.05, 0) is 0 Å². The summed E-state index contributed by atoms with van der Waals surface area (Å²) in [4.78, 5) is 0. The van der Waals surface area contributed by atoms with Crippen LogP contribution in [0.15, 0.2) is 0 Å². The molecule has 0 saturated heterocycles. The van der Waals surface area contributed by atoms with Gasteiger partial charge in [0.2, 0.25) is 0 Å². The normalized spacial score (nSPS) is 13.8. The van der Waals surface area contributed by atoms with E-state index in [1.54, 1.807) is 0 Å². The van der Waals surface area contributed by atoms with Crippen LogP contribution in [-0.2, 0) is 15.2 Å². The maximum absolute atomic E-state index is 11.5. The Labute approximate surface area is 49.9 Å². The molecule has 1 radical (unpaired) electrons. The molecule has 1 N–H and O–H groups in total. The summed E-state index contributed by atoms with van der Waals surface area (Å²) in [6, 6.07) is 0. The van der Waals surface area contributed by atoms with Crippen LogP contribution in [0.25, 0.3) is 0 Å². The quantitative estimate of drug-likeness (QED) is 0.574. The van der Waals surface area contributed by atoms with E-state index in [4.69, 9.17) is 4.55 Å². The first kappa shape index (κ1) is 8.73. The van der Waals surface area contributed by atoms with Gasteiger partial charge in [0.1, 0.15) is 0 Å². The molecule has 0 aromatic heterocycles. The molecule has 0 fully saturated rings. The first-order valence-electron chi connectivity index (χ1n) is 1.74. The van der Waals surface area contributed by atoms with Crippen LogP contribution in [0.1, 0.15) is 0 Å². The molecule has 0 aliphatic rings. The Morgan fingerprint density at radius 2 is 1.78 bits per heavy atom. The van der Waals surface area contributed by atoms with E-state index in [9.17, 15) is 22.3 Å². The minimum atomic E-state index is -5.50. The summed E-state index contributed by atoms with van der Waals surface area (Å²) in [6.45, 7) is -2.16. The summed E-state index contributed by atoms with van der Waals surface area (Å²) in [7, 11) is -5.50. The lowest BCUT2D eigenvalue weighted by molar-refractivity contribution is -0.0105. The molecular formula is C2H3F2O4S. The highest BCUT2D eigenvalue weighted by atomic mass is 32.2. The lowest BCUT2D eigenvalue weighted by Crippen LogP contribution is -2.31. The van der Waals surface area contributed by atoms with Crippen molar-refractivity contribution < 1.29 is 26.9 Å². The first-order chi connectivity index (χ1) is 3.81. The van der Waals surface area contributed by atoms with Gasteiger partial charge in [0.15, 0.2) is 6.61 Å². The smallest absolute Gasteiger partial charge is 0.281 e. The summed E-state index contributed by atoms with van der Waals surface area (Å²) in [5, 5.41) is 4.76. The molecule has 0 saturated carbocycles. The Balaban J connectivity index is 4.56. The van der Waals surface area contributed by atoms with Gasteiger partial charge in [0.25, 0.3) is 0 Å². The highest BCUT2D eigenvalue weighted by Gasteiger charge is 2.43. The van der Waals surface area contributed by atoms with E-state index >= 15 is 0 Å². The minimum absolute atomic E-state index is 2.16. The third-order valence-corrected chi connectivity index (χ3v) is 1.42. The van der Waals surface area contributed by atoms with E-state index < -0.39 is 22.0 Å². The van der Waals surface area contributed by atoms with Gasteiger partial charge in [-0.15, -0.1) is 0 Å². The molecule has 9 heavy (non-hydrogen) atoms. The molecule has 7 heteroatoms. The zero-order valence-corrected chi connectivity index (χ0v) is 4.86. The van der Waals surface area contributed by atoms with Crippen LogP contribution < -0.4 is 0 Å². The van der Waals surface area contributed by atoms with Crippen molar-refractivity contribution in [2.24, 2.45) is 0 Å². The fourth-order valence-electron chi connectivity index (χ4n) is 0.0745. The molecule has 0 bridgehead atoms. The predicted molar refractivity (Wildman–Crippen MR) is 22.0 cm³/mol. The average Bonchev–Trinajstić information content (AvgIpc) is 1.64. The van der Waals surface area contributed by atoms with Crippen molar-refractivity contribution in [2.45, 2.75) is 5.25 Å². The van der Waals surface area contributed by atoms with E-state index in [2.05, 4.69) is 0 Å². The standard InChI is InChI=1S/C2H3F2O4S/c3-2(4,1-5)9(6,7)8/h1H2,(H,6,7,8). The highest BCUT2D eigenvalue weighted by molar-refractivity contribution is 7.86. The third kappa shape index (κ3) is 1.84. The monoisotopic (exact) mass is 161 g/mol. The predicted octanol–water partition coefficient (Wildman–Crippen LogP) is -0.102. The molecule has 0 rings (SSSR count). The van der Waals surface area contributed by atoms with E-state index in [0.717, 1.165) is 0 Å². The average molecular weight is 161 g/mol. The Hall–Kier alpha value is -0.270. The van der Waals surface area contributed by atoms with Crippen molar-refractivity contribution in [1.29, 1.82) is 0 Å². The van der Waals surface area contributed by atoms with Gasteiger partial charge in [-0.25, -0.2) is 5.11 Å². The number of hydrogen-bond donors (Lipinski definition) is 1. The second-order valence-electron chi connectivity index (χ2n) is 1.26. The molecular weight excluding hydrogens is 158 g/mol. The molecule has 55 valence electrons. The van der Waals surface area contributed by atoms with Crippen LogP contribution in [0, 0.1) is 0 Å². The van der Waals surface area contributed by atoms with E-state index in [1.165, 1.54) is 0 Å². The Morgan fingerprint density at radius 3 is 1.78 bits per heavy atom. The van der Waals surface area contributed by atoms with E-state index in [1.807, 2.05) is 0 Å². The van der Waals surface area contributed by atoms with Gasteiger partial charge < -0.3 is 0 Å². The fourth-order valence-corrected chi connectivity index (χ4v) is 0.223. The Kier molecular flexibility index (Phi) is 2.10. The summed E-state index contributed by atoms with van der Waals surface area (Å²) in [5.41, 5.74) is 0. The van der Waals surface area contributed by atoms with Crippen molar-refractivity contribution >= 4 is 10.1 Å². The molecule has 0 aliphatic heterocycles. The topological polar surface area (TPSA) is 74.3 Å². The maximum atomic E-state index is 11.5. The zero-order chi connectivity index (χ0) is 7.71. The molecule has 0 aromatic carbocycles. The second kappa shape index (κ2) is 2.16. The van der Waals surface area contributed by atoms with Gasteiger partial charge in [-0.1, -0.05) is 0 Å². The molecule has 0 amide bonds. The van der Waals surface area contributed by atoms with Gasteiger partial charge in [-0.2, -0.15) is 17.2 Å². The van der Waals surface area contributed by atoms with Crippen LogP contribution in [0.3, 0.4) is 0 Å². The van der Waals surface area contributed by atoms with Crippen LogP contribution in [0.4, 0.5) is 8.78 Å². The largest absolute Gasteiger partial charge is 0.395 e. The third-order valence-electron chi connectivity index (χ3n) is 0.545. The molecule has 0 aromatic rings. The first-order valence-corrected chi connectivity index (χ1v) is 3.18. The van der Waals surface area contributed by atoms with Crippen LogP contribution in [-0.4, -0.2) is 24.8 Å². The SMILES string of the molecule is [O]CC(F)(F)S(=O)(=O)O.